The molecule has 2 aromatic heterocycles. The van der Waals surface area contributed by atoms with E-state index < -0.39 is 0 Å². The summed E-state index contributed by atoms with van der Waals surface area (Å²) in [6.45, 7) is 5.08. The molecule has 1 aliphatic carbocycles. The summed E-state index contributed by atoms with van der Waals surface area (Å²) in [5.41, 5.74) is 7.48. The van der Waals surface area contributed by atoms with Gasteiger partial charge in [-0.3, -0.25) is 4.98 Å². The molecule has 1 N–H and O–H groups in total. The lowest BCUT2D eigenvalue weighted by Gasteiger charge is -2.32. The molecule has 1 aliphatic heterocycles. The van der Waals surface area contributed by atoms with Gasteiger partial charge in [0.1, 0.15) is 0 Å². The number of piperidine rings is 1. The summed E-state index contributed by atoms with van der Waals surface area (Å²) in [5, 5.41) is 4.30. The van der Waals surface area contributed by atoms with Gasteiger partial charge >= 0.3 is 0 Å². The number of benzene rings is 1. The van der Waals surface area contributed by atoms with Gasteiger partial charge in [0, 0.05) is 29.9 Å². The molecular weight excluding hydrogens is 392 g/mol. The minimum Gasteiger partial charge on any atom is -0.337 e. The van der Waals surface area contributed by atoms with Crippen LogP contribution in [0.4, 0.5) is 0 Å². The number of hydrogen-bond donors (Lipinski definition) is 1. The van der Waals surface area contributed by atoms with Gasteiger partial charge in [-0.15, -0.1) is 0 Å². The summed E-state index contributed by atoms with van der Waals surface area (Å²) in [4.78, 5) is 9.32. The van der Waals surface area contributed by atoms with E-state index in [1.807, 2.05) is 25.5 Å². The zero-order valence-electron chi connectivity index (χ0n) is 17.3. The van der Waals surface area contributed by atoms with E-state index in [2.05, 4.69) is 51.4 Å². The average Bonchev–Trinajstić information content (AvgIpc) is 3.13. The number of aromatic nitrogens is 3. The predicted molar refractivity (Wildman–Crippen MR) is 123 cm³/mol. The Labute approximate surface area is 183 Å². The molecule has 3 heterocycles. The van der Waals surface area contributed by atoms with Crippen LogP contribution >= 0.6 is 11.6 Å². The van der Waals surface area contributed by atoms with E-state index >= 15 is 0 Å². The Balaban J connectivity index is 1.60. The maximum absolute atomic E-state index is 6.43. The first kappa shape index (κ1) is 19.5. The number of fused-ring (bicyclic) bond motifs is 2. The average molecular weight is 419 g/mol. The van der Waals surface area contributed by atoms with E-state index in [0.29, 0.717) is 11.8 Å². The number of aryl methyl sites for hydroxylation is 2. The lowest BCUT2D eigenvalue weighted by atomic mass is 9.76. The predicted octanol–water partition coefficient (Wildman–Crippen LogP) is 5.32. The summed E-state index contributed by atoms with van der Waals surface area (Å²) in [5.74, 6) is 0.892. The number of nitrogens with one attached hydrogen (secondary N) is 1. The van der Waals surface area contributed by atoms with Crippen molar-refractivity contribution in [1.82, 2.24) is 19.9 Å². The lowest BCUT2D eigenvalue weighted by Crippen LogP contribution is -2.32. The van der Waals surface area contributed by atoms with Gasteiger partial charge in [-0.1, -0.05) is 29.8 Å². The summed E-state index contributed by atoms with van der Waals surface area (Å²) >= 11 is 6.43. The van der Waals surface area contributed by atoms with Crippen molar-refractivity contribution in [3.8, 4) is 0 Å². The quantitative estimate of drug-likeness (QED) is 0.623. The monoisotopic (exact) mass is 418 g/mol. The van der Waals surface area contributed by atoms with Crippen LogP contribution in [0.25, 0.3) is 11.6 Å². The summed E-state index contributed by atoms with van der Waals surface area (Å²) < 4.78 is 2.17. The Morgan fingerprint density at radius 2 is 2.03 bits per heavy atom. The first-order chi connectivity index (χ1) is 14.7. The smallest absolute Gasteiger partial charge is 0.0949 e. The van der Waals surface area contributed by atoms with Gasteiger partial charge in [0.05, 0.1) is 17.7 Å². The maximum Gasteiger partial charge on any atom is 0.0949 e. The molecule has 1 unspecified atom stereocenters. The van der Waals surface area contributed by atoms with Crippen LogP contribution < -0.4 is 5.32 Å². The molecular formula is C25H27ClN4. The standard InChI is InChI=1S/C25H27ClN4/c1-17-15-30(16-29-17)12-8-19-13-20-14-21(26)4-5-22(20)24(18-6-10-27-11-7-18)25-23(19)3-2-9-28-25/h2-5,9,13-16,18,24,27H,6-8,10-12H2,1H3. The molecule has 0 amide bonds. The van der Waals surface area contributed by atoms with Gasteiger partial charge in [-0.25, -0.2) is 4.98 Å². The third kappa shape index (κ3) is 3.82. The molecule has 0 bridgehead atoms. The fourth-order valence-electron chi connectivity index (χ4n) is 5.01. The second kappa shape index (κ2) is 8.37. The van der Waals surface area contributed by atoms with Crippen LogP contribution in [0.3, 0.4) is 0 Å². The number of nitrogens with zero attached hydrogens (tertiary/aromatic N) is 3. The van der Waals surface area contributed by atoms with Crippen LogP contribution in [0.5, 0.6) is 0 Å². The first-order valence-corrected chi connectivity index (χ1v) is 11.2. The molecule has 1 fully saturated rings. The SMILES string of the molecule is Cc1cn(CCC2=Cc3cc(Cl)ccc3C(C3CCNCC3)c3ncccc32)cn1. The molecule has 3 aromatic rings. The second-order valence-corrected chi connectivity index (χ2v) is 8.88. The molecule has 2 aliphatic rings. The van der Waals surface area contributed by atoms with Crippen molar-refractivity contribution in [1.29, 1.82) is 0 Å². The van der Waals surface area contributed by atoms with Crippen LogP contribution in [0, 0.1) is 12.8 Å². The molecule has 30 heavy (non-hydrogen) atoms. The Morgan fingerprint density at radius 1 is 1.17 bits per heavy atom. The Morgan fingerprint density at radius 3 is 2.83 bits per heavy atom. The summed E-state index contributed by atoms with van der Waals surface area (Å²) in [6.07, 6.45) is 11.6. The molecule has 0 radical (unpaired) electrons. The van der Waals surface area contributed by atoms with Gasteiger partial charge in [0.15, 0.2) is 0 Å². The Kier molecular flexibility index (Phi) is 5.45. The zero-order valence-corrected chi connectivity index (χ0v) is 18.1. The van der Waals surface area contributed by atoms with Gasteiger partial charge in [-0.2, -0.15) is 0 Å². The molecule has 5 rings (SSSR count). The lowest BCUT2D eigenvalue weighted by molar-refractivity contribution is 0.339. The highest BCUT2D eigenvalue weighted by molar-refractivity contribution is 6.30. The van der Waals surface area contributed by atoms with E-state index in [1.165, 1.54) is 40.8 Å². The van der Waals surface area contributed by atoms with Gasteiger partial charge < -0.3 is 9.88 Å². The summed E-state index contributed by atoms with van der Waals surface area (Å²) in [6, 6.07) is 10.7. The number of hydrogen-bond acceptors (Lipinski definition) is 3. The normalized spacial score (nSPS) is 19.0. The minimum atomic E-state index is 0.305. The van der Waals surface area contributed by atoms with Gasteiger partial charge in [0.2, 0.25) is 0 Å². The van der Waals surface area contributed by atoms with E-state index in [1.54, 1.807) is 0 Å². The van der Waals surface area contributed by atoms with Crippen molar-refractivity contribution in [3.05, 3.63) is 82.2 Å². The van der Waals surface area contributed by atoms with Crippen molar-refractivity contribution in [2.24, 2.45) is 5.92 Å². The van der Waals surface area contributed by atoms with E-state index in [9.17, 15) is 0 Å². The third-order valence-electron chi connectivity index (χ3n) is 6.45. The van der Waals surface area contributed by atoms with Gasteiger partial charge in [-0.05, 0) is 85.7 Å². The van der Waals surface area contributed by atoms with Crippen molar-refractivity contribution in [2.45, 2.75) is 38.6 Å². The van der Waals surface area contributed by atoms with E-state index in [4.69, 9.17) is 16.6 Å². The van der Waals surface area contributed by atoms with Crippen LogP contribution in [0.2, 0.25) is 5.02 Å². The number of allylic oxidation sites excluding steroid dienone is 1. The van der Waals surface area contributed by atoms with E-state index in [0.717, 1.165) is 36.8 Å². The number of halogens is 1. The van der Waals surface area contributed by atoms with Crippen LogP contribution in [-0.4, -0.2) is 27.6 Å². The number of imidazole rings is 1. The highest BCUT2D eigenvalue weighted by Crippen LogP contribution is 2.44. The molecule has 154 valence electrons. The van der Waals surface area contributed by atoms with Crippen LogP contribution in [-0.2, 0) is 6.54 Å². The fourth-order valence-corrected chi connectivity index (χ4v) is 5.19. The van der Waals surface area contributed by atoms with Crippen LogP contribution in [0.1, 0.15) is 53.3 Å². The highest BCUT2D eigenvalue weighted by Gasteiger charge is 2.32. The minimum absolute atomic E-state index is 0.305. The van der Waals surface area contributed by atoms with Gasteiger partial charge in [0.25, 0.3) is 0 Å². The summed E-state index contributed by atoms with van der Waals surface area (Å²) in [7, 11) is 0. The van der Waals surface area contributed by atoms with Crippen molar-refractivity contribution in [3.63, 3.8) is 0 Å². The topological polar surface area (TPSA) is 42.7 Å². The van der Waals surface area contributed by atoms with Crippen molar-refractivity contribution in [2.75, 3.05) is 13.1 Å². The fraction of sp³-hybridized carbons (Fsp3) is 0.360. The molecule has 0 spiro atoms. The van der Waals surface area contributed by atoms with Crippen molar-refractivity contribution < 1.29 is 0 Å². The number of pyridine rings is 1. The third-order valence-corrected chi connectivity index (χ3v) is 6.68. The first-order valence-electron chi connectivity index (χ1n) is 10.8. The van der Waals surface area contributed by atoms with Crippen LogP contribution in [0.15, 0.2) is 49.1 Å². The largest absolute Gasteiger partial charge is 0.337 e. The molecule has 1 saturated heterocycles. The second-order valence-electron chi connectivity index (χ2n) is 8.45. The molecule has 1 aromatic carbocycles. The van der Waals surface area contributed by atoms with Crippen molar-refractivity contribution >= 4 is 23.3 Å². The Bertz CT molecular complexity index is 1080. The zero-order chi connectivity index (χ0) is 20.5. The number of rotatable bonds is 4. The molecule has 0 saturated carbocycles. The van der Waals surface area contributed by atoms with E-state index in [-0.39, 0.29) is 0 Å². The molecule has 4 nitrogen and oxygen atoms in total. The maximum atomic E-state index is 6.43. The highest BCUT2D eigenvalue weighted by atomic mass is 35.5. The molecule has 1 atom stereocenters. The Hall–Kier alpha value is -2.43. The molecule has 5 heteroatoms.